The van der Waals surface area contributed by atoms with Crippen LogP contribution in [-0.4, -0.2) is 48.8 Å². The van der Waals surface area contributed by atoms with Crippen molar-refractivity contribution in [3.8, 4) is 10.6 Å². The Bertz CT molecular complexity index is 824. The highest BCUT2D eigenvalue weighted by atomic mass is 32.1. The SMILES string of the molecule is O=C(NC[C@@H](c1cccs1)N1CCOCC1)c1cc(-c2cccs2)on1. The van der Waals surface area contributed by atoms with E-state index < -0.39 is 0 Å². The Morgan fingerprint density at radius 2 is 2.04 bits per heavy atom. The summed E-state index contributed by atoms with van der Waals surface area (Å²) >= 11 is 3.26. The molecule has 0 spiro atoms. The smallest absolute Gasteiger partial charge is 0.273 e. The van der Waals surface area contributed by atoms with Gasteiger partial charge in [0.25, 0.3) is 5.91 Å². The second-order valence-electron chi connectivity index (χ2n) is 5.94. The summed E-state index contributed by atoms with van der Waals surface area (Å²) in [5, 5.41) is 11.0. The maximum absolute atomic E-state index is 12.5. The zero-order valence-corrected chi connectivity index (χ0v) is 15.7. The first-order chi connectivity index (χ1) is 12.8. The number of aromatic nitrogens is 1. The van der Waals surface area contributed by atoms with Gasteiger partial charge in [-0.2, -0.15) is 0 Å². The average Bonchev–Trinajstić information content (AvgIpc) is 3.43. The lowest BCUT2D eigenvalue weighted by atomic mass is 10.2. The fourth-order valence-corrected chi connectivity index (χ4v) is 4.51. The molecule has 0 unspecified atom stereocenters. The van der Waals surface area contributed by atoms with Gasteiger partial charge in [0.1, 0.15) is 0 Å². The second-order valence-corrected chi connectivity index (χ2v) is 7.87. The molecular formula is C18H19N3O3S2. The van der Waals surface area contributed by atoms with E-state index in [1.807, 2.05) is 23.6 Å². The molecule has 3 aromatic heterocycles. The Labute approximate surface area is 159 Å². The topological polar surface area (TPSA) is 67.6 Å². The Morgan fingerprint density at radius 3 is 2.77 bits per heavy atom. The number of hydrogen-bond donors (Lipinski definition) is 1. The van der Waals surface area contributed by atoms with Crippen LogP contribution in [0.25, 0.3) is 10.6 Å². The van der Waals surface area contributed by atoms with Gasteiger partial charge >= 0.3 is 0 Å². The Morgan fingerprint density at radius 1 is 1.23 bits per heavy atom. The van der Waals surface area contributed by atoms with Crippen LogP contribution in [0.2, 0.25) is 0 Å². The number of nitrogens with zero attached hydrogens (tertiary/aromatic N) is 2. The first-order valence-electron chi connectivity index (χ1n) is 8.45. The molecule has 1 aliphatic heterocycles. The van der Waals surface area contributed by atoms with E-state index in [-0.39, 0.29) is 11.9 Å². The van der Waals surface area contributed by atoms with Gasteiger partial charge in [0.05, 0.1) is 24.1 Å². The van der Waals surface area contributed by atoms with Crippen molar-refractivity contribution in [2.24, 2.45) is 0 Å². The molecule has 136 valence electrons. The van der Waals surface area contributed by atoms with Crippen molar-refractivity contribution >= 4 is 28.6 Å². The number of ether oxygens (including phenoxy) is 1. The van der Waals surface area contributed by atoms with E-state index in [2.05, 4.69) is 26.8 Å². The maximum atomic E-state index is 12.5. The van der Waals surface area contributed by atoms with Crippen LogP contribution in [0.5, 0.6) is 0 Å². The predicted octanol–water partition coefficient (Wildman–Crippen LogP) is 3.27. The van der Waals surface area contributed by atoms with Gasteiger partial charge in [0.2, 0.25) is 0 Å². The van der Waals surface area contributed by atoms with Gasteiger partial charge in [0, 0.05) is 30.6 Å². The van der Waals surface area contributed by atoms with Gasteiger partial charge in [0.15, 0.2) is 11.5 Å². The minimum Gasteiger partial charge on any atom is -0.379 e. The average molecular weight is 390 g/mol. The van der Waals surface area contributed by atoms with Crippen LogP contribution >= 0.6 is 22.7 Å². The quantitative estimate of drug-likeness (QED) is 0.701. The van der Waals surface area contributed by atoms with Crippen LogP contribution in [0, 0.1) is 0 Å². The standard InChI is InChI=1S/C18H19N3O3S2/c22-18(13-11-15(24-20-13)17-4-2-10-26-17)19-12-14(16-3-1-9-25-16)21-5-7-23-8-6-21/h1-4,9-11,14H,5-8,12H2,(H,19,22)/t14-/m0/s1. The summed E-state index contributed by atoms with van der Waals surface area (Å²) < 4.78 is 10.8. The largest absolute Gasteiger partial charge is 0.379 e. The molecule has 8 heteroatoms. The summed E-state index contributed by atoms with van der Waals surface area (Å²) in [6.07, 6.45) is 0. The minimum atomic E-state index is -0.216. The van der Waals surface area contributed by atoms with Crippen molar-refractivity contribution in [3.05, 3.63) is 51.7 Å². The molecule has 0 radical (unpaired) electrons. The van der Waals surface area contributed by atoms with Crippen LogP contribution in [0.4, 0.5) is 0 Å². The summed E-state index contributed by atoms with van der Waals surface area (Å²) in [5.74, 6) is 0.402. The Balaban J connectivity index is 1.43. The van der Waals surface area contributed by atoms with Gasteiger partial charge in [-0.05, 0) is 22.9 Å². The molecule has 1 fully saturated rings. The highest BCUT2D eigenvalue weighted by molar-refractivity contribution is 7.13. The lowest BCUT2D eigenvalue weighted by molar-refractivity contribution is 0.0169. The van der Waals surface area contributed by atoms with Crippen LogP contribution in [0.3, 0.4) is 0 Å². The number of amides is 1. The number of thiophene rings is 2. The molecular weight excluding hydrogens is 370 g/mol. The minimum absolute atomic E-state index is 0.145. The number of hydrogen-bond acceptors (Lipinski definition) is 7. The molecule has 0 aromatic carbocycles. The number of morpholine rings is 1. The molecule has 0 saturated carbocycles. The van der Waals surface area contributed by atoms with Crippen molar-refractivity contribution in [3.63, 3.8) is 0 Å². The molecule has 26 heavy (non-hydrogen) atoms. The van der Waals surface area contributed by atoms with Crippen molar-refractivity contribution in [1.29, 1.82) is 0 Å². The van der Waals surface area contributed by atoms with E-state index in [4.69, 9.17) is 9.26 Å². The molecule has 6 nitrogen and oxygen atoms in total. The van der Waals surface area contributed by atoms with Crippen LogP contribution < -0.4 is 5.32 Å². The zero-order chi connectivity index (χ0) is 17.8. The summed E-state index contributed by atoms with van der Waals surface area (Å²) in [6, 6.07) is 9.87. The number of rotatable bonds is 6. The Hall–Kier alpha value is -2.00. The van der Waals surface area contributed by atoms with Crippen LogP contribution in [-0.2, 0) is 4.74 Å². The summed E-state index contributed by atoms with van der Waals surface area (Å²) in [4.78, 5) is 17.1. The monoisotopic (exact) mass is 389 g/mol. The fourth-order valence-electron chi connectivity index (χ4n) is 2.98. The second kappa shape index (κ2) is 8.13. The molecule has 0 aliphatic carbocycles. The zero-order valence-electron chi connectivity index (χ0n) is 14.1. The van der Waals surface area contributed by atoms with Crippen LogP contribution in [0.1, 0.15) is 21.4 Å². The van der Waals surface area contributed by atoms with Crippen molar-refractivity contribution < 1.29 is 14.1 Å². The molecule has 1 saturated heterocycles. The summed E-state index contributed by atoms with van der Waals surface area (Å²) in [7, 11) is 0. The maximum Gasteiger partial charge on any atom is 0.273 e. The lowest BCUT2D eigenvalue weighted by Crippen LogP contribution is -2.43. The van der Waals surface area contributed by atoms with Gasteiger partial charge < -0.3 is 14.6 Å². The Kier molecular flexibility index (Phi) is 5.45. The van der Waals surface area contributed by atoms with E-state index in [0.717, 1.165) is 31.2 Å². The van der Waals surface area contributed by atoms with Crippen molar-refractivity contribution in [1.82, 2.24) is 15.4 Å². The van der Waals surface area contributed by atoms with E-state index in [1.54, 1.807) is 28.7 Å². The lowest BCUT2D eigenvalue weighted by Gasteiger charge is -2.34. The summed E-state index contributed by atoms with van der Waals surface area (Å²) in [5.41, 5.74) is 0.306. The molecule has 4 rings (SSSR count). The van der Waals surface area contributed by atoms with Crippen molar-refractivity contribution in [2.45, 2.75) is 6.04 Å². The number of nitrogens with one attached hydrogen (secondary N) is 1. The summed E-state index contributed by atoms with van der Waals surface area (Å²) in [6.45, 7) is 3.71. The predicted molar refractivity (Wildman–Crippen MR) is 102 cm³/mol. The molecule has 1 amide bonds. The van der Waals surface area contributed by atoms with E-state index in [0.29, 0.717) is 18.0 Å². The van der Waals surface area contributed by atoms with Gasteiger partial charge in [-0.1, -0.05) is 17.3 Å². The van der Waals surface area contributed by atoms with Crippen LogP contribution in [0.15, 0.2) is 45.6 Å². The van der Waals surface area contributed by atoms with E-state index >= 15 is 0 Å². The highest BCUT2D eigenvalue weighted by Gasteiger charge is 2.24. The molecule has 0 bridgehead atoms. The normalized spacial score (nSPS) is 16.5. The molecule has 3 aromatic rings. The number of carbonyl (C=O) groups is 1. The van der Waals surface area contributed by atoms with Crippen molar-refractivity contribution in [2.75, 3.05) is 32.8 Å². The number of carbonyl (C=O) groups excluding carboxylic acids is 1. The van der Waals surface area contributed by atoms with Gasteiger partial charge in [-0.15, -0.1) is 22.7 Å². The molecule has 4 heterocycles. The highest BCUT2D eigenvalue weighted by Crippen LogP contribution is 2.27. The molecule has 1 atom stereocenters. The van der Waals surface area contributed by atoms with Gasteiger partial charge in [-0.25, -0.2) is 0 Å². The third-order valence-corrected chi connectivity index (χ3v) is 6.18. The molecule has 1 aliphatic rings. The third kappa shape index (κ3) is 3.88. The van der Waals surface area contributed by atoms with E-state index in [9.17, 15) is 4.79 Å². The first-order valence-corrected chi connectivity index (χ1v) is 10.2. The van der Waals surface area contributed by atoms with Gasteiger partial charge in [-0.3, -0.25) is 9.69 Å². The molecule has 1 N–H and O–H groups in total. The van der Waals surface area contributed by atoms with E-state index in [1.165, 1.54) is 4.88 Å². The third-order valence-electron chi connectivity index (χ3n) is 4.32. The fraction of sp³-hybridized carbons (Fsp3) is 0.333. The first kappa shape index (κ1) is 17.4.